The van der Waals surface area contributed by atoms with Crippen LogP contribution in [0.4, 0.5) is 5.82 Å². The number of hydrogen-bond acceptors (Lipinski definition) is 4. The SMILES string of the molecule is CCCN1CCN(c2nnc(Cl)c(C)c2C)CC1. The Labute approximate surface area is 114 Å². The second-order valence-electron chi connectivity index (χ2n) is 4.89. The van der Waals surface area contributed by atoms with E-state index in [0.717, 1.165) is 43.1 Å². The molecule has 0 bridgehead atoms. The zero-order chi connectivity index (χ0) is 13.1. The summed E-state index contributed by atoms with van der Waals surface area (Å²) in [6.07, 6.45) is 1.22. The van der Waals surface area contributed by atoms with Crippen molar-refractivity contribution in [2.75, 3.05) is 37.6 Å². The van der Waals surface area contributed by atoms with Crippen LogP contribution in [0.3, 0.4) is 0 Å². The molecule has 18 heavy (non-hydrogen) atoms. The number of aromatic nitrogens is 2. The Morgan fingerprint density at radius 1 is 1.06 bits per heavy atom. The normalized spacial score (nSPS) is 17.2. The van der Waals surface area contributed by atoms with Gasteiger partial charge in [0.25, 0.3) is 0 Å². The van der Waals surface area contributed by atoms with Crippen LogP contribution in [0, 0.1) is 13.8 Å². The van der Waals surface area contributed by atoms with Crippen LogP contribution in [0.5, 0.6) is 0 Å². The van der Waals surface area contributed by atoms with Crippen LogP contribution in [0.15, 0.2) is 0 Å². The van der Waals surface area contributed by atoms with E-state index in [9.17, 15) is 0 Å². The van der Waals surface area contributed by atoms with Gasteiger partial charge in [0.2, 0.25) is 0 Å². The van der Waals surface area contributed by atoms with Gasteiger partial charge >= 0.3 is 0 Å². The minimum Gasteiger partial charge on any atom is -0.352 e. The molecule has 1 saturated heterocycles. The highest BCUT2D eigenvalue weighted by Crippen LogP contribution is 2.24. The topological polar surface area (TPSA) is 32.3 Å². The van der Waals surface area contributed by atoms with E-state index >= 15 is 0 Å². The molecule has 2 heterocycles. The average molecular weight is 269 g/mol. The molecule has 0 radical (unpaired) electrons. The number of anilines is 1. The van der Waals surface area contributed by atoms with Gasteiger partial charge in [-0.15, -0.1) is 10.2 Å². The maximum absolute atomic E-state index is 5.99. The first-order valence-electron chi connectivity index (χ1n) is 6.60. The Morgan fingerprint density at radius 3 is 2.33 bits per heavy atom. The third kappa shape index (κ3) is 2.75. The van der Waals surface area contributed by atoms with Gasteiger partial charge in [0, 0.05) is 26.2 Å². The molecule has 0 saturated carbocycles. The summed E-state index contributed by atoms with van der Waals surface area (Å²) in [7, 11) is 0. The van der Waals surface area contributed by atoms with E-state index in [4.69, 9.17) is 11.6 Å². The summed E-state index contributed by atoms with van der Waals surface area (Å²) < 4.78 is 0. The molecule has 4 nitrogen and oxygen atoms in total. The molecule has 0 unspecified atom stereocenters. The number of hydrogen-bond donors (Lipinski definition) is 0. The van der Waals surface area contributed by atoms with Crippen LogP contribution in [-0.4, -0.2) is 47.8 Å². The minimum absolute atomic E-state index is 0.515. The standard InChI is InChI=1S/C13H21ClN4/c1-4-5-17-6-8-18(9-7-17)13-11(3)10(2)12(14)15-16-13/h4-9H2,1-3H3. The fourth-order valence-corrected chi connectivity index (χ4v) is 2.54. The fraction of sp³-hybridized carbons (Fsp3) is 0.692. The summed E-state index contributed by atoms with van der Waals surface area (Å²) in [5.74, 6) is 0.994. The van der Waals surface area contributed by atoms with Crippen LogP contribution >= 0.6 is 11.6 Å². The van der Waals surface area contributed by atoms with Crippen molar-refractivity contribution in [3.63, 3.8) is 0 Å². The van der Waals surface area contributed by atoms with Crippen molar-refractivity contribution in [1.29, 1.82) is 0 Å². The van der Waals surface area contributed by atoms with Crippen LogP contribution in [0.1, 0.15) is 24.5 Å². The summed E-state index contributed by atoms with van der Waals surface area (Å²) >= 11 is 5.99. The average Bonchev–Trinajstić information content (AvgIpc) is 2.38. The molecule has 1 fully saturated rings. The lowest BCUT2D eigenvalue weighted by atomic mass is 10.1. The minimum atomic E-state index is 0.515. The van der Waals surface area contributed by atoms with Gasteiger partial charge in [-0.1, -0.05) is 18.5 Å². The molecule has 100 valence electrons. The Morgan fingerprint density at radius 2 is 1.72 bits per heavy atom. The molecule has 1 aliphatic heterocycles. The van der Waals surface area contributed by atoms with E-state index in [0.29, 0.717) is 5.15 Å². The molecule has 5 heteroatoms. The van der Waals surface area contributed by atoms with Crippen molar-refractivity contribution in [3.8, 4) is 0 Å². The van der Waals surface area contributed by atoms with Crippen molar-refractivity contribution in [1.82, 2.24) is 15.1 Å². The third-order valence-electron chi connectivity index (χ3n) is 3.65. The number of rotatable bonds is 3. The monoisotopic (exact) mass is 268 g/mol. The molecule has 0 atom stereocenters. The van der Waals surface area contributed by atoms with Crippen molar-refractivity contribution in [3.05, 3.63) is 16.3 Å². The van der Waals surface area contributed by atoms with Crippen molar-refractivity contribution < 1.29 is 0 Å². The highest BCUT2D eigenvalue weighted by Gasteiger charge is 2.20. The van der Waals surface area contributed by atoms with E-state index in [-0.39, 0.29) is 0 Å². The van der Waals surface area contributed by atoms with Crippen LogP contribution in [0.2, 0.25) is 5.15 Å². The van der Waals surface area contributed by atoms with Gasteiger partial charge in [0.15, 0.2) is 11.0 Å². The molecule has 1 aliphatic rings. The fourth-order valence-electron chi connectivity index (χ4n) is 2.36. The first-order chi connectivity index (χ1) is 8.63. The van der Waals surface area contributed by atoms with Gasteiger partial charge in [0.05, 0.1) is 0 Å². The molecule has 0 aromatic carbocycles. The van der Waals surface area contributed by atoms with Crippen molar-refractivity contribution in [2.24, 2.45) is 0 Å². The highest BCUT2D eigenvalue weighted by atomic mass is 35.5. The van der Waals surface area contributed by atoms with Crippen molar-refractivity contribution in [2.45, 2.75) is 27.2 Å². The van der Waals surface area contributed by atoms with Gasteiger partial charge in [-0.3, -0.25) is 4.90 Å². The van der Waals surface area contributed by atoms with Gasteiger partial charge in [0.1, 0.15) is 0 Å². The number of nitrogens with zero attached hydrogens (tertiary/aromatic N) is 4. The maximum atomic E-state index is 5.99. The quantitative estimate of drug-likeness (QED) is 0.842. The van der Waals surface area contributed by atoms with Gasteiger partial charge in [-0.05, 0) is 37.9 Å². The summed E-state index contributed by atoms with van der Waals surface area (Å²) in [4.78, 5) is 4.82. The molecule has 1 aromatic heterocycles. The Hall–Kier alpha value is -0.870. The smallest absolute Gasteiger partial charge is 0.155 e. The molecule has 0 amide bonds. The molecule has 0 aliphatic carbocycles. The molecule has 0 N–H and O–H groups in total. The lowest BCUT2D eigenvalue weighted by Gasteiger charge is -2.35. The van der Waals surface area contributed by atoms with E-state index < -0.39 is 0 Å². The Bertz CT molecular complexity index is 414. The summed E-state index contributed by atoms with van der Waals surface area (Å²) in [6, 6.07) is 0. The predicted molar refractivity (Wildman–Crippen MR) is 75.5 cm³/mol. The van der Waals surface area contributed by atoms with Crippen LogP contribution in [0.25, 0.3) is 0 Å². The second kappa shape index (κ2) is 5.85. The zero-order valence-electron chi connectivity index (χ0n) is 11.4. The lowest BCUT2D eigenvalue weighted by molar-refractivity contribution is 0.257. The molecule has 2 rings (SSSR count). The van der Waals surface area contributed by atoms with Gasteiger partial charge in [-0.25, -0.2) is 0 Å². The lowest BCUT2D eigenvalue weighted by Crippen LogP contribution is -2.47. The first kappa shape index (κ1) is 13.6. The summed E-state index contributed by atoms with van der Waals surface area (Å²) in [5.41, 5.74) is 2.19. The molecule has 0 spiro atoms. The third-order valence-corrected chi connectivity index (χ3v) is 4.01. The van der Waals surface area contributed by atoms with Gasteiger partial charge in [-0.2, -0.15) is 0 Å². The highest BCUT2D eigenvalue weighted by molar-refractivity contribution is 6.30. The Kier molecular flexibility index (Phi) is 4.40. The van der Waals surface area contributed by atoms with Crippen molar-refractivity contribution >= 4 is 17.4 Å². The second-order valence-corrected chi connectivity index (χ2v) is 5.25. The maximum Gasteiger partial charge on any atom is 0.155 e. The molecular formula is C13H21ClN4. The molecular weight excluding hydrogens is 248 g/mol. The van der Waals surface area contributed by atoms with E-state index in [1.807, 2.05) is 6.92 Å². The first-order valence-corrected chi connectivity index (χ1v) is 6.98. The van der Waals surface area contributed by atoms with E-state index in [1.54, 1.807) is 0 Å². The van der Waals surface area contributed by atoms with Crippen LogP contribution in [-0.2, 0) is 0 Å². The van der Waals surface area contributed by atoms with E-state index in [2.05, 4.69) is 33.8 Å². The largest absolute Gasteiger partial charge is 0.352 e. The predicted octanol–water partition coefficient (Wildman–Crippen LogP) is 2.28. The molecule has 1 aromatic rings. The number of halogens is 1. The van der Waals surface area contributed by atoms with E-state index in [1.165, 1.54) is 13.0 Å². The van der Waals surface area contributed by atoms with Crippen LogP contribution < -0.4 is 4.90 Å². The van der Waals surface area contributed by atoms with Gasteiger partial charge < -0.3 is 4.90 Å². The Balaban J connectivity index is 2.08. The zero-order valence-corrected chi connectivity index (χ0v) is 12.2. The summed E-state index contributed by atoms with van der Waals surface area (Å²) in [6.45, 7) is 11.8. The summed E-state index contributed by atoms with van der Waals surface area (Å²) in [5, 5.41) is 8.80. The number of piperazine rings is 1.